The van der Waals surface area contributed by atoms with Crippen molar-refractivity contribution in [2.24, 2.45) is 0 Å². The Bertz CT molecular complexity index is 610. The van der Waals surface area contributed by atoms with Gasteiger partial charge in [-0.1, -0.05) is 19.1 Å². The summed E-state index contributed by atoms with van der Waals surface area (Å²) in [6.45, 7) is 2.76. The quantitative estimate of drug-likeness (QED) is 0.812. The Morgan fingerprint density at radius 1 is 1.43 bits per heavy atom. The molecule has 1 aromatic carbocycles. The molecule has 1 unspecified atom stereocenters. The molecule has 124 valence electrons. The molecule has 5 heteroatoms. The van der Waals surface area contributed by atoms with Crippen LogP contribution in [0.1, 0.15) is 43.4 Å². The lowest BCUT2D eigenvalue weighted by molar-refractivity contribution is -0.130. The van der Waals surface area contributed by atoms with Crippen LogP contribution in [0.3, 0.4) is 0 Å². The van der Waals surface area contributed by atoms with E-state index in [4.69, 9.17) is 4.74 Å². The molecule has 0 radical (unpaired) electrons. The van der Waals surface area contributed by atoms with Crippen LogP contribution in [0.2, 0.25) is 0 Å². The van der Waals surface area contributed by atoms with Gasteiger partial charge < -0.3 is 14.6 Å². The summed E-state index contributed by atoms with van der Waals surface area (Å²) in [6.07, 6.45) is 5.80. The van der Waals surface area contributed by atoms with Gasteiger partial charge in [-0.25, -0.2) is 4.98 Å². The number of H-pyrrole nitrogens is 1. The van der Waals surface area contributed by atoms with Crippen LogP contribution in [0.15, 0.2) is 36.8 Å². The second-order valence-electron chi connectivity index (χ2n) is 5.90. The summed E-state index contributed by atoms with van der Waals surface area (Å²) in [5.74, 6) is 1.46. The van der Waals surface area contributed by atoms with E-state index < -0.39 is 0 Å². The predicted octanol–water partition coefficient (Wildman–Crippen LogP) is 3.35. The second-order valence-corrected chi connectivity index (χ2v) is 5.90. The average Bonchev–Trinajstić information content (AvgIpc) is 3.07. The van der Waals surface area contributed by atoms with Crippen molar-refractivity contribution in [1.82, 2.24) is 14.9 Å². The van der Waals surface area contributed by atoms with Gasteiger partial charge in [-0.15, -0.1) is 0 Å². The molecule has 0 aliphatic heterocycles. The van der Waals surface area contributed by atoms with Crippen LogP contribution in [0.25, 0.3) is 0 Å². The predicted molar refractivity (Wildman–Crippen MR) is 90.3 cm³/mol. The van der Waals surface area contributed by atoms with Gasteiger partial charge in [-0.2, -0.15) is 0 Å². The van der Waals surface area contributed by atoms with E-state index in [9.17, 15) is 4.79 Å². The summed E-state index contributed by atoms with van der Waals surface area (Å²) in [5, 5.41) is 0. The highest BCUT2D eigenvalue weighted by molar-refractivity contribution is 5.75. The molecule has 0 aliphatic carbocycles. The molecule has 5 nitrogen and oxygen atoms in total. The van der Waals surface area contributed by atoms with Gasteiger partial charge in [-0.05, 0) is 36.5 Å². The maximum Gasteiger partial charge on any atom is 0.222 e. The summed E-state index contributed by atoms with van der Waals surface area (Å²) >= 11 is 0. The van der Waals surface area contributed by atoms with Gasteiger partial charge in [0.05, 0.1) is 25.7 Å². The van der Waals surface area contributed by atoms with Crippen molar-refractivity contribution >= 4 is 5.91 Å². The molecule has 0 saturated carbocycles. The molecule has 1 amide bonds. The molecule has 0 spiro atoms. The molecule has 0 fully saturated rings. The van der Waals surface area contributed by atoms with Crippen LogP contribution in [0.4, 0.5) is 0 Å². The van der Waals surface area contributed by atoms with E-state index in [-0.39, 0.29) is 5.91 Å². The van der Waals surface area contributed by atoms with Gasteiger partial charge >= 0.3 is 0 Å². The first-order chi connectivity index (χ1) is 11.1. The first-order valence-electron chi connectivity index (χ1n) is 7.95. The number of carbonyl (C=O) groups is 1. The molecule has 1 aromatic heterocycles. The Labute approximate surface area is 137 Å². The Balaban J connectivity index is 1.76. The second kappa shape index (κ2) is 8.36. The van der Waals surface area contributed by atoms with E-state index in [2.05, 4.69) is 29.0 Å². The number of carbonyl (C=O) groups excluding carboxylic acids is 1. The summed E-state index contributed by atoms with van der Waals surface area (Å²) in [4.78, 5) is 20.9. The zero-order chi connectivity index (χ0) is 16.7. The monoisotopic (exact) mass is 315 g/mol. The average molecular weight is 315 g/mol. The highest BCUT2D eigenvalue weighted by Crippen LogP contribution is 2.24. The van der Waals surface area contributed by atoms with E-state index in [0.29, 0.717) is 18.9 Å². The molecule has 0 bridgehead atoms. The minimum absolute atomic E-state index is 0.164. The minimum atomic E-state index is 0.164. The fourth-order valence-electron chi connectivity index (χ4n) is 2.58. The van der Waals surface area contributed by atoms with Crippen molar-refractivity contribution in [1.29, 1.82) is 0 Å². The number of hydrogen-bond donors (Lipinski definition) is 1. The topological polar surface area (TPSA) is 58.2 Å². The van der Waals surface area contributed by atoms with Gasteiger partial charge in [0.25, 0.3) is 0 Å². The fourth-order valence-corrected chi connectivity index (χ4v) is 2.58. The largest absolute Gasteiger partial charge is 0.497 e. The minimum Gasteiger partial charge on any atom is -0.497 e. The Kier molecular flexibility index (Phi) is 6.20. The Morgan fingerprint density at radius 3 is 2.96 bits per heavy atom. The van der Waals surface area contributed by atoms with Gasteiger partial charge in [0, 0.05) is 19.7 Å². The molecule has 0 saturated heterocycles. The molecule has 0 aliphatic rings. The normalized spacial score (nSPS) is 12.0. The highest BCUT2D eigenvalue weighted by Gasteiger charge is 2.12. The Morgan fingerprint density at radius 2 is 2.26 bits per heavy atom. The zero-order valence-corrected chi connectivity index (χ0v) is 14.1. The lowest BCUT2D eigenvalue weighted by atomic mass is 9.95. The number of hydrogen-bond acceptors (Lipinski definition) is 3. The number of amides is 1. The van der Waals surface area contributed by atoms with Crippen LogP contribution in [-0.4, -0.2) is 34.9 Å². The number of nitrogens with one attached hydrogen (secondary N) is 1. The Hall–Kier alpha value is -2.30. The van der Waals surface area contributed by atoms with Crippen molar-refractivity contribution in [3.05, 3.63) is 48.0 Å². The highest BCUT2D eigenvalue weighted by atomic mass is 16.5. The van der Waals surface area contributed by atoms with E-state index in [0.717, 1.165) is 24.3 Å². The molecular formula is C18H25N3O2. The number of nitrogens with zero attached hydrogens (tertiary/aromatic N) is 2. The number of ether oxygens (including phenoxy) is 1. The third kappa shape index (κ3) is 5.13. The molecule has 2 aromatic rings. The third-order valence-electron chi connectivity index (χ3n) is 4.08. The molecule has 1 atom stereocenters. The number of aromatic amines is 1. The lowest BCUT2D eigenvalue weighted by Crippen LogP contribution is -2.26. The first-order valence-corrected chi connectivity index (χ1v) is 7.95. The third-order valence-corrected chi connectivity index (χ3v) is 4.08. The van der Waals surface area contributed by atoms with E-state index in [1.807, 2.05) is 19.2 Å². The number of methoxy groups -OCH3 is 1. The van der Waals surface area contributed by atoms with Crippen LogP contribution in [-0.2, 0) is 11.3 Å². The number of rotatable bonds is 8. The van der Waals surface area contributed by atoms with E-state index in [1.165, 1.54) is 5.56 Å². The standard InChI is InChI=1S/C18H25N3O2/c1-14(15-7-5-8-17(10-15)23-3)6-4-9-18(22)21(2)12-16-11-19-13-20-16/h5,7-8,10-11,13-14H,4,6,9,12H2,1-3H3,(H,19,20). The van der Waals surface area contributed by atoms with E-state index in [1.54, 1.807) is 24.5 Å². The molecule has 1 N–H and O–H groups in total. The summed E-state index contributed by atoms with van der Waals surface area (Å²) < 4.78 is 5.26. The van der Waals surface area contributed by atoms with Gasteiger partial charge in [0.15, 0.2) is 0 Å². The summed E-state index contributed by atoms with van der Waals surface area (Å²) in [7, 11) is 3.51. The maximum atomic E-state index is 12.2. The number of aromatic nitrogens is 2. The van der Waals surface area contributed by atoms with Gasteiger partial charge in [0.1, 0.15) is 5.75 Å². The van der Waals surface area contributed by atoms with Crippen LogP contribution < -0.4 is 4.74 Å². The molecule has 23 heavy (non-hydrogen) atoms. The fraction of sp³-hybridized carbons (Fsp3) is 0.444. The lowest BCUT2D eigenvalue weighted by Gasteiger charge is -2.17. The van der Waals surface area contributed by atoms with Crippen molar-refractivity contribution in [3.63, 3.8) is 0 Å². The van der Waals surface area contributed by atoms with E-state index >= 15 is 0 Å². The van der Waals surface area contributed by atoms with Crippen molar-refractivity contribution in [2.75, 3.05) is 14.2 Å². The van der Waals surface area contributed by atoms with Crippen molar-refractivity contribution < 1.29 is 9.53 Å². The zero-order valence-electron chi connectivity index (χ0n) is 14.1. The molecular weight excluding hydrogens is 290 g/mol. The van der Waals surface area contributed by atoms with Crippen molar-refractivity contribution in [2.45, 2.75) is 38.6 Å². The van der Waals surface area contributed by atoms with Crippen LogP contribution in [0, 0.1) is 0 Å². The van der Waals surface area contributed by atoms with Gasteiger partial charge in [-0.3, -0.25) is 4.79 Å². The maximum absolute atomic E-state index is 12.2. The molecule has 2 rings (SSSR count). The summed E-state index contributed by atoms with van der Waals surface area (Å²) in [5.41, 5.74) is 2.20. The smallest absolute Gasteiger partial charge is 0.222 e. The van der Waals surface area contributed by atoms with Crippen LogP contribution >= 0.6 is 0 Å². The van der Waals surface area contributed by atoms with Crippen molar-refractivity contribution in [3.8, 4) is 5.75 Å². The SMILES string of the molecule is COc1cccc(C(C)CCCC(=O)N(C)Cc2cnc[nH]2)c1. The number of benzene rings is 1. The number of imidazole rings is 1. The summed E-state index contributed by atoms with van der Waals surface area (Å²) in [6, 6.07) is 8.13. The van der Waals surface area contributed by atoms with Crippen LogP contribution in [0.5, 0.6) is 5.75 Å². The van der Waals surface area contributed by atoms with Gasteiger partial charge in [0.2, 0.25) is 5.91 Å². The molecule has 1 heterocycles. The first kappa shape index (κ1) is 17.1.